The highest BCUT2D eigenvalue weighted by atomic mass is 16.3. The maximum Gasteiger partial charge on any atom is 0.268 e. The van der Waals surface area contributed by atoms with Gasteiger partial charge in [-0.3, -0.25) is 10.2 Å². The minimum Gasteiger partial charge on any atom is -0.467 e. The monoisotopic (exact) mass is 257 g/mol. The molecule has 1 aromatic carbocycles. The van der Waals surface area contributed by atoms with Gasteiger partial charge in [0.1, 0.15) is 12.0 Å². The highest BCUT2D eigenvalue weighted by Gasteiger charge is 2.20. The predicted molar refractivity (Wildman–Crippen MR) is 71.6 cm³/mol. The number of anilines is 1. The average Bonchev–Trinajstić information content (AvgIpc) is 3.06. The Kier molecular flexibility index (Phi) is 2.97. The molecule has 0 fully saturated rings. The number of amides is 1. The van der Waals surface area contributed by atoms with E-state index in [2.05, 4.69) is 28.5 Å². The van der Waals surface area contributed by atoms with E-state index in [4.69, 9.17) is 10.3 Å². The number of carbonyl (C=O) groups is 1. The molecule has 19 heavy (non-hydrogen) atoms. The Bertz CT molecular complexity index is 606. The van der Waals surface area contributed by atoms with Crippen molar-refractivity contribution in [1.82, 2.24) is 5.43 Å². The molecule has 1 amide bonds. The van der Waals surface area contributed by atoms with E-state index in [1.807, 2.05) is 6.07 Å². The summed E-state index contributed by atoms with van der Waals surface area (Å²) >= 11 is 0. The lowest BCUT2D eigenvalue weighted by atomic mass is 10.2. The van der Waals surface area contributed by atoms with Gasteiger partial charge in [-0.15, -0.1) is 0 Å². The summed E-state index contributed by atoms with van der Waals surface area (Å²) < 4.78 is 5.41. The van der Waals surface area contributed by atoms with E-state index in [0.29, 0.717) is 12.1 Å². The zero-order chi connectivity index (χ0) is 13.2. The summed E-state index contributed by atoms with van der Waals surface area (Å²) in [6, 6.07) is 10.1. The van der Waals surface area contributed by atoms with E-state index in [1.54, 1.807) is 6.07 Å². The minimum atomic E-state index is -0.336. The van der Waals surface area contributed by atoms with Gasteiger partial charge in [-0.05, 0) is 24.1 Å². The third-order valence-corrected chi connectivity index (χ3v) is 3.38. The van der Waals surface area contributed by atoms with Gasteiger partial charge in [-0.25, -0.2) is 5.84 Å². The first kappa shape index (κ1) is 11.8. The van der Waals surface area contributed by atoms with Crippen LogP contribution in [0.5, 0.6) is 0 Å². The van der Waals surface area contributed by atoms with Crippen LogP contribution in [0.3, 0.4) is 0 Å². The largest absolute Gasteiger partial charge is 0.467 e. The van der Waals surface area contributed by atoms with Crippen molar-refractivity contribution in [2.24, 2.45) is 5.84 Å². The van der Waals surface area contributed by atoms with Gasteiger partial charge in [0.25, 0.3) is 5.91 Å². The van der Waals surface area contributed by atoms with Crippen LogP contribution in [0.1, 0.15) is 21.7 Å². The molecule has 3 rings (SSSR count). The number of nitrogens with one attached hydrogen (secondary N) is 1. The molecule has 5 heteroatoms. The Balaban J connectivity index is 1.76. The molecule has 0 saturated heterocycles. The van der Waals surface area contributed by atoms with E-state index in [9.17, 15) is 4.79 Å². The molecule has 2 aromatic rings. The van der Waals surface area contributed by atoms with Crippen molar-refractivity contribution in [3.05, 3.63) is 53.5 Å². The van der Waals surface area contributed by atoms with Crippen LogP contribution < -0.4 is 16.2 Å². The van der Waals surface area contributed by atoms with E-state index in [1.165, 1.54) is 17.5 Å². The van der Waals surface area contributed by atoms with Crippen LogP contribution in [0.4, 0.5) is 5.69 Å². The minimum absolute atomic E-state index is 0.336. The highest BCUT2D eigenvalue weighted by Crippen LogP contribution is 2.29. The number of nitrogen functional groups attached to an aromatic ring is 1. The van der Waals surface area contributed by atoms with Crippen LogP contribution in [0.2, 0.25) is 0 Å². The molecule has 0 spiro atoms. The quantitative estimate of drug-likeness (QED) is 0.496. The van der Waals surface area contributed by atoms with Gasteiger partial charge >= 0.3 is 0 Å². The summed E-state index contributed by atoms with van der Waals surface area (Å²) in [5, 5.41) is 0. The molecule has 0 aliphatic carbocycles. The third kappa shape index (κ3) is 2.20. The molecule has 0 bridgehead atoms. The number of hydrogen-bond donors (Lipinski definition) is 2. The van der Waals surface area contributed by atoms with Gasteiger partial charge in [-0.1, -0.05) is 18.2 Å². The molecule has 0 saturated carbocycles. The van der Waals surface area contributed by atoms with Gasteiger partial charge in [-0.2, -0.15) is 0 Å². The molecule has 0 atom stereocenters. The second-order valence-corrected chi connectivity index (χ2v) is 4.58. The molecule has 1 aromatic heterocycles. The van der Waals surface area contributed by atoms with Crippen molar-refractivity contribution in [1.29, 1.82) is 0 Å². The second kappa shape index (κ2) is 4.78. The summed E-state index contributed by atoms with van der Waals surface area (Å²) in [6.45, 7) is 1.63. The zero-order valence-corrected chi connectivity index (χ0v) is 10.4. The van der Waals surface area contributed by atoms with Crippen molar-refractivity contribution in [2.75, 3.05) is 11.4 Å². The number of nitrogens with two attached hydrogens (primary N) is 1. The molecule has 5 nitrogen and oxygen atoms in total. The maximum absolute atomic E-state index is 11.4. The number of benzene rings is 1. The molecule has 98 valence electrons. The number of fused-ring (bicyclic) bond motifs is 1. The van der Waals surface area contributed by atoms with Crippen LogP contribution in [-0.2, 0) is 13.0 Å². The van der Waals surface area contributed by atoms with Crippen LogP contribution in [0, 0.1) is 0 Å². The number of hydrogen-bond acceptors (Lipinski definition) is 4. The van der Waals surface area contributed by atoms with Crippen molar-refractivity contribution >= 4 is 11.6 Å². The summed E-state index contributed by atoms with van der Waals surface area (Å²) in [5.74, 6) is 5.51. The highest BCUT2D eigenvalue weighted by molar-refractivity contribution is 5.93. The number of para-hydroxylation sites is 1. The van der Waals surface area contributed by atoms with Gasteiger partial charge in [0.2, 0.25) is 0 Å². The zero-order valence-electron chi connectivity index (χ0n) is 10.4. The lowest BCUT2D eigenvalue weighted by Crippen LogP contribution is -2.29. The normalized spacial score (nSPS) is 13.4. The Morgan fingerprint density at radius 3 is 3.11 bits per heavy atom. The third-order valence-electron chi connectivity index (χ3n) is 3.38. The summed E-state index contributed by atoms with van der Waals surface area (Å²) in [5.41, 5.74) is 5.14. The lowest BCUT2D eigenvalue weighted by Gasteiger charge is -2.17. The predicted octanol–water partition coefficient (Wildman–Crippen LogP) is 1.45. The first-order valence-corrected chi connectivity index (χ1v) is 6.19. The van der Waals surface area contributed by atoms with Crippen LogP contribution in [-0.4, -0.2) is 12.5 Å². The Morgan fingerprint density at radius 2 is 2.26 bits per heavy atom. The molecule has 2 heterocycles. The smallest absolute Gasteiger partial charge is 0.268 e. The van der Waals surface area contributed by atoms with Crippen LogP contribution in [0.25, 0.3) is 0 Å². The Hall–Kier alpha value is -2.27. The van der Waals surface area contributed by atoms with Crippen LogP contribution >= 0.6 is 0 Å². The first-order valence-electron chi connectivity index (χ1n) is 6.19. The first-order chi connectivity index (χ1) is 9.28. The molecule has 1 aliphatic heterocycles. The fourth-order valence-corrected chi connectivity index (χ4v) is 2.42. The number of hydrazine groups is 1. The lowest BCUT2D eigenvalue weighted by molar-refractivity contribution is 0.0953. The van der Waals surface area contributed by atoms with Gasteiger partial charge in [0.05, 0.1) is 12.1 Å². The summed E-state index contributed by atoms with van der Waals surface area (Å²) in [6.07, 6.45) is 2.48. The van der Waals surface area contributed by atoms with Crippen molar-refractivity contribution < 1.29 is 9.21 Å². The van der Waals surface area contributed by atoms with Gasteiger partial charge < -0.3 is 9.32 Å². The summed E-state index contributed by atoms with van der Waals surface area (Å²) in [4.78, 5) is 13.6. The number of furan rings is 1. The van der Waals surface area contributed by atoms with E-state index < -0.39 is 0 Å². The molecular weight excluding hydrogens is 242 g/mol. The number of rotatable bonds is 3. The van der Waals surface area contributed by atoms with Crippen molar-refractivity contribution in [3.8, 4) is 0 Å². The van der Waals surface area contributed by atoms with Crippen LogP contribution in [0.15, 0.2) is 41.0 Å². The average molecular weight is 257 g/mol. The van der Waals surface area contributed by atoms with E-state index >= 15 is 0 Å². The molecule has 0 unspecified atom stereocenters. The summed E-state index contributed by atoms with van der Waals surface area (Å²) in [7, 11) is 0. The molecule has 1 aliphatic rings. The standard InChI is InChI=1S/C14H15N3O2/c15-16-14(18)11-7-12(19-9-11)8-17-6-5-10-3-1-2-4-13(10)17/h1-4,7,9H,5-6,8,15H2,(H,16,18). The Morgan fingerprint density at radius 1 is 1.42 bits per heavy atom. The van der Waals surface area contributed by atoms with Crippen molar-refractivity contribution in [2.45, 2.75) is 13.0 Å². The molecule has 3 N–H and O–H groups in total. The number of nitrogens with zero attached hydrogens (tertiary/aromatic N) is 1. The molecule has 0 radical (unpaired) electrons. The fraction of sp³-hybridized carbons (Fsp3) is 0.214. The fourth-order valence-electron chi connectivity index (χ4n) is 2.42. The van der Waals surface area contributed by atoms with E-state index in [-0.39, 0.29) is 5.91 Å². The SMILES string of the molecule is NNC(=O)c1coc(CN2CCc3ccccc32)c1. The second-order valence-electron chi connectivity index (χ2n) is 4.58. The number of carbonyl (C=O) groups excluding carboxylic acids is 1. The van der Waals surface area contributed by atoms with Crippen molar-refractivity contribution in [3.63, 3.8) is 0 Å². The molecular formula is C14H15N3O2. The maximum atomic E-state index is 11.4. The van der Waals surface area contributed by atoms with Gasteiger partial charge in [0.15, 0.2) is 0 Å². The van der Waals surface area contributed by atoms with E-state index in [0.717, 1.165) is 18.7 Å². The topological polar surface area (TPSA) is 71.5 Å². The Labute approximate surface area is 111 Å². The van der Waals surface area contributed by atoms with Gasteiger partial charge in [0, 0.05) is 12.2 Å².